The number of ether oxygens (including phenoxy) is 1. The van der Waals surface area contributed by atoms with Gasteiger partial charge in [0.25, 0.3) is 5.91 Å². The highest BCUT2D eigenvalue weighted by Gasteiger charge is 2.08. The molecule has 0 bridgehead atoms. The molecule has 0 aliphatic carbocycles. The third-order valence-electron chi connectivity index (χ3n) is 3.80. The van der Waals surface area contributed by atoms with Crippen molar-refractivity contribution in [2.45, 2.75) is 6.92 Å². The Morgan fingerprint density at radius 1 is 1.11 bits per heavy atom. The molecule has 0 radical (unpaired) electrons. The molecule has 0 atom stereocenters. The first kappa shape index (κ1) is 16.6. The number of fused-ring (bicyclic) bond motifs is 1. The van der Waals surface area contributed by atoms with Crippen LogP contribution in [-0.4, -0.2) is 36.9 Å². The summed E-state index contributed by atoms with van der Waals surface area (Å²) in [4.78, 5) is 28.7. The summed E-state index contributed by atoms with van der Waals surface area (Å²) in [6, 6.07) is 11.2. The number of nitrogens with one attached hydrogen (secondary N) is 1. The van der Waals surface area contributed by atoms with Crippen molar-refractivity contribution in [2.75, 3.05) is 11.9 Å². The van der Waals surface area contributed by atoms with Crippen molar-refractivity contribution >= 4 is 17.4 Å². The molecule has 0 unspecified atom stereocenters. The fourth-order valence-electron chi connectivity index (χ4n) is 2.52. The highest BCUT2D eigenvalue weighted by Crippen LogP contribution is 2.20. The van der Waals surface area contributed by atoms with E-state index >= 15 is 0 Å². The number of aryl methyl sites for hydroxylation is 1. The van der Waals surface area contributed by atoms with Crippen LogP contribution in [0.25, 0.3) is 17.0 Å². The number of anilines is 1. The molecular weight excluding hydrogens is 344 g/mol. The summed E-state index contributed by atoms with van der Waals surface area (Å²) in [7, 11) is 0. The predicted octanol–water partition coefficient (Wildman–Crippen LogP) is 2.51. The summed E-state index contributed by atoms with van der Waals surface area (Å²) in [5.74, 6) is 0.352. The van der Waals surface area contributed by atoms with Crippen molar-refractivity contribution in [1.29, 1.82) is 0 Å². The fraction of sp³-hybridized carbons (Fsp3) is 0.105. The lowest BCUT2D eigenvalue weighted by Gasteiger charge is -2.07. The van der Waals surface area contributed by atoms with Crippen LogP contribution in [0.2, 0.25) is 0 Å². The molecule has 4 rings (SSSR count). The fourth-order valence-corrected chi connectivity index (χ4v) is 2.52. The van der Waals surface area contributed by atoms with E-state index in [9.17, 15) is 4.79 Å². The molecule has 0 spiro atoms. The van der Waals surface area contributed by atoms with Gasteiger partial charge in [0, 0.05) is 41.7 Å². The van der Waals surface area contributed by atoms with Crippen LogP contribution in [0.3, 0.4) is 0 Å². The van der Waals surface area contributed by atoms with E-state index < -0.39 is 0 Å². The molecule has 1 amide bonds. The van der Waals surface area contributed by atoms with Crippen LogP contribution < -0.4 is 10.1 Å². The lowest BCUT2D eigenvalue weighted by Crippen LogP contribution is -2.20. The number of benzene rings is 1. The Labute approximate surface area is 154 Å². The van der Waals surface area contributed by atoms with Crippen molar-refractivity contribution in [2.24, 2.45) is 0 Å². The minimum absolute atomic E-state index is 0.163. The van der Waals surface area contributed by atoms with Crippen LogP contribution in [-0.2, 0) is 4.79 Å². The Balaban J connectivity index is 1.39. The van der Waals surface area contributed by atoms with Gasteiger partial charge in [-0.25, -0.2) is 19.9 Å². The highest BCUT2D eigenvalue weighted by molar-refractivity contribution is 5.92. The maximum absolute atomic E-state index is 12.0. The van der Waals surface area contributed by atoms with Gasteiger partial charge in [-0.05, 0) is 31.2 Å². The van der Waals surface area contributed by atoms with E-state index in [4.69, 9.17) is 4.74 Å². The molecule has 0 aliphatic rings. The van der Waals surface area contributed by atoms with Crippen LogP contribution in [0.4, 0.5) is 5.69 Å². The predicted molar refractivity (Wildman–Crippen MR) is 99.3 cm³/mol. The third-order valence-corrected chi connectivity index (χ3v) is 3.80. The molecular formula is C19H16N6O2. The van der Waals surface area contributed by atoms with E-state index in [1.807, 2.05) is 54.0 Å². The Kier molecular flexibility index (Phi) is 4.44. The number of imidazole rings is 1. The summed E-state index contributed by atoms with van der Waals surface area (Å²) in [6.45, 7) is 1.67. The molecule has 0 fully saturated rings. The third kappa shape index (κ3) is 3.90. The number of nitrogens with zero attached hydrogens (tertiary/aromatic N) is 5. The Hall–Kier alpha value is -3.81. The number of rotatable bonds is 5. The number of carbonyl (C=O) groups is 1. The van der Waals surface area contributed by atoms with Gasteiger partial charge in [-0.3, -0.25) is 9.20 Å². The standard InChI is InChI=1S/C19H16N6O2/c1-13-7-9-21-19(22-13)27-12-17(26)23-15-5-3-14(4-6-15)16-11-25-10-2-8-20-18(25)24-16/h2-11H,12H2,1H3,(H,23,26). The first-order valence-corrected chi connectivity index (χ1v) is 8.30. The van der Waals surface area contributed by atoms with Crippen molar-refractivity contribution in [3.63, 3.8) is 0 Å². The van der Waals surface area contributed by atoms with Crippen molar-refractivity contribution in [3.8, 4) is 17.3 Å². The lowest BCUT2D eigenvalue weighted by molar-refractivity contribution is -0.118. The van der Waals surface area contributed by atoms with Gasteiger partial charge in [0.1, 0.15) is 0 Å². The summed E-state index contributed by atoms with van der Waals surface area (Å²) in [5.41, 5.74) is 3.19. The van der Waals surface area contributed by atoms with Crippen LogP contribution in [0.5, 0.6) is 6.01 Å². The lowest BCUT2D eigenvalue weighted by atomic mass is 10.1. The maximum Gasteiger partial charge on any atom is 0.317 e. The Morgan fingerprint density at radius 2 is 1.96 bits per heavy atom. The summed E-state index contributed by atoms with van der Waals surface area (Å²) in [5, 5.41) is 2.77. The summed E-state index contributed by atoms with van der Waals surface area (Å²) < 4.78 is 7.15. The van der Waals surface area contributed by atoms with Gasteiger partial charge in [0.15, 0.2) is 6.61 Å². The SMILES string of the molecule is Cc1ccnc(OCC(=O)Nc2ccc(-c3cn4cccnc4n3)cc2)n1. The second-order valence-electron chi connectivity index (χ2n) is 5.85. The van der Waals surface area contributed by atoms with E-state index in [-0.39, 0.29) is 18.5 Å². The highest BCUT2D eigenvalue weighted by atomic mass is 16.5. The number of aromatic nitrogens is 5. The van der Waals surface area contributed by atoms with Crippen molar-refractivity contribution < 1.29 is 9.53 Å². The smallest absolute Gasteiger partial charge is 0.317 e. The zero-order chi connectivity index (χ0) is 18.6. The average molecular weight is 360 g/mol. The van der Waals surface area contributed by atoms with Gasteiger partial charge < -0.3 is 10.1 Å². The van der Waals surface area contributed by atoms with Gasteiger partial charge in [0.2, 0.25) is 5.78 Å². The molecule has 3 aromatic heterocycles. The summed E-state index contributed by atoms with van der Waals surface area (Å²) in [6.07, 6.45) is 7.09. The molecule has 1 N–H and O–H groups in total. The van der Waals surface area contributed by atoms with Crippen molar-refractivity contribution in [3.05, 3.63) is 66.9 Å². The van der Waals surface area contributed by atoms with Gasteiger partial charge in [0.05, 0.1) is 5.69 Å². The Bertz CT molecular complexity index is 1060. The minimum Gasteiger partial charge on any atom is -0.453 e. The van der Waals surface area contributed by atoms with Gasteiger partial charge in [-0.15, -0.1) is 0 Å². The topological polar surface area (TPSA) is 94.3 Å². The monoisotopic (exact) mass is 360 g/mol. The van der Waals surface area contributed by atoms with Crippen LogP contribution in [0, 0.1) is 6.92 Å². The van der Waals surface area contributed by atoms with Gasteiger partial charge in [-0.2, -0.15) is 0 Å². The molecule has 134 valence electrons. The molecule has 27 heavy (non-hydrogen) atoms. The van der Waals surface area contributed by atoms with Crippen LogP contribution >= 0.6 is 0 Å². The second kappa shape index (κ2) is 7.20. The number of carbonyl (C=O) groups excluding carboxylic acids is 1. The molecule has 0 saturated carbocycles. The minimum atomic E-state index is -0.287. The van der Waals surface area contributed by atoms with Crippen molar-refractivity contribution in [1.82, 2.24) is 24.3 Å². The van der Waals surface area contributed by atoms with Gasteiger partial charge >= 0.3 is 6.01 Å². The molecule has 1 aromatic carbocycles. The van der Waals surface area contributed by atoms with E-state index in [1.54, 1.807) is 18.5 Å². The Morgan fingerprint density at radius 3 is 2.74 bits per heavy atom. The number of hydrogen-bond acceptors (Lipinski definition) is 6. The van der Waals surface area contributed by atoms with E-state index in [1.165, 1.54) is 0 Å². The largest absolute Gasteiger partial charge is 0.453 e. The normalized spacial score (nSPS) is 10.7. The second-order valence-corrected chi connectivity index (χ2v) is 5.85. The molecule has 0 saturated heterocycles. The number of amides is 1. The van der Waals surface area contributed by atoms with Gasteiger partial charge in [-0.1, -0.05) is 12.1 Å². The van der Waals surface area contributed by atoms with Crippen LogP contribution in [0.15, 0.2) is 61.2 Å². The molecule has 0 aliphatic heterocycles. The molecule has 3 heterocycles. The average Bonchev–Trinajstić information content (AvgIpc) is 3.11. The first-order chi connectivity index (χ1) is 13.2. The zero-order valence-electron chi connectivity index (χ0n) is 14.5. The van der Waals surface area contributed by atoms with E-state index in [0.29, 0.717) is 11.5 Å². The summed E-state index contributed by atoms with van der Waals surface area (Å²) >= 11 is 0. The quantitative estimate of drug-likeness (QED) is 0.588. The molecule has 8 heteroatoms. The zero-order valence-corrected chi connectivity index (χ0v) is 14.5. The number of hydrogen-bond donors (Lipinski definition) is 1. The van der Waals surface area contributed by atoms with E-state index in [0.717, 1.165) is 17.0 Å². The first-order valence-electron chi connectivity index (χ1n) is 8.30. The van der Waals surface area contributed by atoms with Crippen LogP contribution in [0.1, 0.15) is 5.69 Å². The maximum atomic E-state index is 12.0. The van der Waals surface area contributed by atoms with E-state index in [2.05, 4.69) is 25.3 Å². The molecule has 4 aromatic rings. The molecule has 8 nitrogen and oxygen atoms in total.